The monoisotopic (exact) mass is 244 g/mol. The molecule has 0 aromatic heterocycles. The van der Waals surface area contributed by atoms with Crippen LogP contribution in [0.5, 0.6) is 0 Å². The smallest absolute Gasteiger partial charge is 0.119 e. The first kappa shape index (κ1) is 14.7. The maximum Gasteiger partial charge on any atom is 0.119 e. The minimum atomic E-state index is 0.234. The van der Waals surface area contributed by atoms with Crippen LogP contribution in [-0.2, 0) is 11.2 Å². The van der Waals surface area contributed by atoms with Crippen LogP contribution >= 0.6 is 0 Å². The highest BCUT2D eigenvalue weighted by atomic mass is 16.1. The molecule has 0 aliphatic heterocycles. The number of hydrogen-bond acceptors (Lipinski definition) is 1. The molecule has 0 aliphatic rings. The summed E-state index contributed by atoms with van der Waals surface area (Å²) in [5.74, 6) is 0. The van der Waals surface area contributed by atoms with Crippen LogP contribution in [0.4, 0.5) is 0 Å². The van der Waals surface area contributed by atoms with E-state index in [0.717, 1.165) is 32.0 Å². The van der Waals surface area contributed by atoms with Gasteiger partial charge in [0.1, 0.15) is 6.29 Å². The lowest BCUT2D eigenvalue weighted by Gasteiger charge is -2.23. The van der Waals surface area contributed by atoms with Crippen molar-refractivity contribution in [2.45, 2.75) is 46.0 Å². The van der Waals surface area contributed by atoms with Gasteiger partial charge < -0.3 is 4.79 Å². The molecule has 0 N–H and O–H groups in total. The van der Waals surface area contributed by atoms with E-state index in [1.807, 2.05) is 6.07 Å². The molecule has 0 heterocycles. The third-order valence-electron chi connectivity index (χ3n) is 3.59. The normalized spacial score (nSPS) is 14.6. The minimum Gasteiger partial charge on any atom is -0.303 e. The van der Waals surface area contributed by atoms with E-state index in [1.54, 1.807) is 0 Å². The molecule has 0 saturated carbocycles. The molecule has 1 aromatic carbocycles. The molecule has 0 saturated heterocycles. The summed E-state index contributed by atoms with van der Waals surface area (Å²) in [5.41, 5.74) is 1.58. The Balaban J connectivity index is 2.48. The molecule has 98 valence electrons. The van der Waals surface area contributed by atoms with Crippen molar-refractivity contribution < 1.29 is 4.79 Å². The highest BCUT2D eigenvalue weighted by molar-refractivity contribution is 5.49. The summed E-state index contributed by atoms with van der Waals surface area (Å²) in [5, 5.41) is 0. The standard InChI is InChI=1S/C17H24O/c1-3-17(2,13-7-8-15-18)14-9-12-16-10-5-4-6-11-16/h4-6,9-11,14-15H,3,7-8,12-13H2,1-2H3/b14-9+/t17-/m1/s1. The van der Waals surface area contributed by atoms with Gasteiger partial charge in [-0.25, -0.2) is 0 Å². The van der Waals surface area contributed by atoms with Crippen molar-refractivity contribution in [3.8, 4) is 0 Å². The van der Waals surface area contributed by atoms with Crippen LogP contribution in [0.25, 0.3) is 0 Å². The number of carbonyl (C=O) groups is 1. The molecule has 1 heteroatoms. The zero-order chi connectivity index (χ0) is 13.3. The first-order valence-electron chi connectivity index (χ1n) is 6.85. The number of carbonyl (C=O) groups excluding carboxylic acids is 1. The Bertz CT molecular complexity index is 366. The summed E-state index contributed by atoms with van der Waals surface area (Å²) < 4.78 is 0. The van der Waals surface area contributed by atoms with Gasteiger partial charge in [0.15, 0.2) is 0 Å². The Hall–Kier alpha value is -1.37. The van der Waals surface area contributed by atoms with Gasteiger partial charge in [0.25, 0.3) is 0 Å². The zero-order valence-corrected chi connectivity index (χ0v) is 11.6. The van der Waals surface area contributed by atoms with Crippen LogP contribution < -0.4 is 0 Å². The number of benzene rings is 1. The second kappa shape index (κ2) is 7.86. The van der Waals surface area contributed by atoms with Crippen LogP contribution in [0.1, 0.15) is 45.1 Å². The quantitative estimate of drug-likeness (QED) is 0.372. The molecule has 0 unspecified atom stereocenters. The molecule has 1 aromatic rings. The van der Waals surface area contributed by atoms with E-state index in [-0.39, 0.29) is 5.41 Å². The molecule has 0 amide bonds. The highest BCUT2D eigenvalue weighted by Gasteiger charge is 2.17. The molecule has 1 atom stereocenters. The SMILES string of the molecule is CC[C@@](C)(/C=C/Cc1ccccc1)CCCC=O. The largest absolute Gasteiger partial charge is 0.303 e. The van der Waals surface area contributed by atoms with E-state index in [2.05, 4.69) is 50.3 Å². The van der Waals surface area contributed by atoms with E-state index in [1.165, 1.54) is 5.56 Å². The number of hydrogen-bond donors (Lipinski definition) is 0. The van der Waals surface area contributed by atoms with Crippen molar-refractivity contribution in [2.75, 3.05) is 0 Å². The molecule has 1 nitrogen and oxygen atoms in total. The highest BCUT2D eigenvalue weighted by Crippen LogP contribution is 2.29. The lowest BCUT2D eigenvalue weighted by Crippen LogP contribution is -2.11. The summed E-state index contributed by atoms with van der Waals surface area (Å²) >= 11 is 0. The average Bonchev–Trinajstić information content (AvgIpc) is 2.40. The number of rotatable bonds is 8. The third kappa shape index (κ3) is 5.31. The molecular formula is C17H24O. The number of unbranched alkanes of at least 4 members (excludes halogenated alkanes) is 1. The molecule has 0 fully saturated rings. The molecule has 0 bridgehead atoms. The Labute approximate surface area is 111 Å². The van der Waals surface area contributed by atoms with Gasteiger partial charge in [-0.1, -0.05) is 56.3 Å². The first-order chi connectivity index (χ1) is 8.70. The van der Waals surface area contributed by atoms with Gasteiger partial charge in [-0.05, 0) is 36.7 Å². The summed E-state index contributed by atoms with van der Waals surface area (Å²) in [7, 11) is 0. The summed E-state index contributed by atoms with van der Waals surface area (Å²) in [6.45, 7) is 4.49. The fraction of sp³-hybridized carbons (Fsp3) is 0.471. The van der Waals surface area contributed by atoms with Gasteiger partial charge >= 0.3 is 0 Å². The van der Waals surface area contributed by atoms with E-state index in [9.17, 15) is 4.79 Å². The van der Waals surface area contributed by atoms with E-state index >= 15 is 0 Å². The molecule has 18 heavy (non-hydrogen) atoms. The predicted octanol–water partition coefficient (Wildman–Crippen LogP) is 4.57. The van der Waals surface area contributed by atoms with Crippen molar-refractivity contribution in [1.29, 1.82) is 0 Å². The van der Waals surface area contributed by atoms with Crippen LogP contribution in [-0.4, -0.2) is 6.29 Å². The van der Waals surface area contributed by atoms with E-state index in [4.69, 9.17) is 0 Å². The van der Waals surface area contributed by atoms with E-state index < -0.39 is 0 Å². The fourth-order valence-electron chi connectivity index (χ4n) is 2.06. The topological polar surface area (TPSA) is 17.1 Å². The summed E-state index contributed by atoms with van der Waals surface area (Å²) in [4.78, 5) is 10.4. The van der Waals surface area contributed by atoms with Crippen molar-refractivity contribution in [3.63, 3.8) is 0 Å². The van der Waals surface area contributed by atoms with Crippen LogP contribution in [0.2, 0.25) is 0 Å². The second-order valence-corrected chi connectivity index (χ2v) is 5.16. The maximum atomic E-state index is 10.4. The van der Waals surface area contributed by atoms with Gasteiger partial charge in [0, 0.05) is 6.42 Å². The van der Waals surface area contributed by atoms with Crippen molar-refractivity contribution in [2.24, 2.45) is 5.41 Å². The third-order valence-corrected chi connectivity index (χ3v) is 3.59. The minimum absolute atomic E-state index is 0.234. The fourth-order valence-corrected chi connectivity index (χ4v) is 2.06. The Morgan fingerprint density at radius 2 is 1.94 bits per heavy atom. The molecule has 0 spiro atoms. The average molecular weight is 244 g/mol. The molecule has 0 aliphatic carbocycles. The molecular weight excluding hydrogens is 220 g/mol. The summed E-state index contributed by atoms with van der Waals surface area (Å²) in [6.07, 6.45) is 10.5. The number of aldehydes is 1. The van der Waals surface area contributed by atoms with E-state index in [0.29, 0.717) is 6.42 Å². The van der Waals surface area contributed by atoms with Crippen molar-refractivity contribution in [3.05, 3.63) is 48.0 Å². The van der Waals surface area contributed by atoms with Crippen LogP contribution in [0.3, 0.4) is 0 Å². The Morgan fingerprint density at radius 3 is 2.56 bits per heavy atom. The van der Waals surface area contributed by atoms with Gasteiger partial charge in [-0.2, -0.15) is 0 Å². The van der Waals surface area contributed by atoms with Crippen molar-refractivity contribution in [1.82, 2.24) is 0 Å². The number of allylic oxidation sites excluding steroid dienone is 2. The van der Waals surface area contributed by atoms with Gasteiger partial charge in [0.2, 0.25) is 0 Å². The van der Waals surface area contributed by atoms with Gasteiger partial charge in [0.05, 0.1) is 0 Å². The molecule has 1 rings (SSSR count). The van der Waals surface area contributed by atoms with Crippen LogP contribution in [0.15, 0.2) is 42.5 Å². The first-order valence-corrected chi connectivity index (χ1v) is 6.85. The predicted molar refractivity (Wildman–Crippen MR) is 77.6 cm³/mol. The van der Waals surface area contributed by atoms with Gasteiger partial charge in [-0.3, -0.25) is 0 Å². The zero-order valence-electron chi connectivity index (χ0n) is 11.6. The van der Waals surface area contributed by atoms with Gasteiger partial charge in [-0.15, -0.1) is 0 Å². The summed E-state index contributed by atoms with van der Waals surface area (Å²) in [6, 6.07) is 10.5. The second-order valence-electron chi connectivity index (χ2n) is 5.16. The lowest BCUT2D eigenvalue weighted by molar-refractivity contribution is -0.108. The Kier molecular flexibility index (Phi) is 6.42. The molecule has 0 radical (unpaired) electrons. The Morgan fingerprint density at radius 1 is 1.22 bits per heavy atom. The van der Waals surface area contributed by atoms with Crippen LogP contribution in [0, 0.1) is 5.41 Å². The lowest BCUT2D eigenvalue weighted by atomic mass is 9.82. The van der Waals surface area contributed by atoms with Crippen molar-refractivity contribution >= 4 is 6.29 Å². The maximum absolute atomic E-state index is 10.4.